The first kappa shape index (κ1) is 24.9. The molecule has 0 spiro atoms. The van der Waals surface area contributed by atoms with Crippen LogP contribution in [0.4, 0.5) is 13.2 Å². The number of alkyl halides is 3. The fourth-order valence-corrected chi connectivity index (χ4v) is 2.43. The molecule has 0 saturated carbocycles. The number of nitrogens with zero attached hydrogens (tertiary/aromatic N) is 1. The molecular weight excluding hydrogens is 484 g/mol. The maximum atomic E-state index is 12.7. The van der Waals surface area contributed by atoms with Crippen LogP contribution in [0, 0.1) is 0 Å². The van der Waals surface area contributed by atoms with Gasteiger partial charge in [0.15, 0.2) is 5.96 Å². The normalized spacial score (nSPS) is 12.4. The van der Waals surface area contributed by atoms with Crippen molar-refractivity contribution in [2.24, 2.45) is 4.99 Å². The average molecular weight is 508 g/mol. The van der Waals surface area contributed by atoms with Crippen molar-refractivity contribution in [3.63, 3.8) is 0 Å². The van der Waals surface area contributed by atoms with Crippen LogP contribution in [-0.2, 0) is 22.7 Å². The van der Waals surface area contributed by atoms with E-state index in [4.69, 9.17) is 0 Å². The number of rotatable bonds is 8. The summed E-state index contributed by atoms with van der Waals surface area (Å²) in [5, 5.41) is 5.99. The van der Waals surface area contributed by atoms with Crippen LogP contribution < -0.4 is 15.4 Å². The number of aliphatic imine (C=N–C) groups is 1. The Morgan fingerprint density at radius 1 is 1.19 bits per heavy atom. The SMILES string of the molecule is CCNC(=NCc1cccc(C(F)(F)F)c1)NCCCNS(C)(=O)=O.I. The summed E-state index contributed by atoms with van der Waals surface area (Å²) in [5.74, 6) is 0.458. The van der Waals surface area contributed by atoms with Crippen LogP contribution >= 0.6 is 24.0 Å². The molecular formula is C15H24F3IN4O2S. The fourth-order valence-electron chi connectivity index (χ4n) is 1.91. The Balaban J connectivity index is 0.00000625. The summed E-state index contributed by atoms with van der Waals surface area (Å²) >= 11 is 0. The Hall–Kier alpha value is -1.08. The van der Waals surface area contributed by atoms with Gasteiger partial charge in [-0.1, -0.05) is 12.1 Å². The zero-order valence-electron chi connectivity index (χ0n) is 14.6. The largest absolute Gasteiger partial charge is 0.416 e. The summed E-state index contributed by atoms with van der Waals surface area (Å²) in [6.07, 6.45) is -2.75. The van der Waals surface area contributed by atoms with Crippen molar-refractivity contribution in [2.75, 3.05) is 25.9 Å². The lowest BCUT2D eigenvalue weighted by molar-refractivity contribution is -0.137. The molecule has 0 heterocycles. The number of halogens is 4. The molecule has 0 bridgehead atoms. The molecule has 0 atom stereocenters. The summed E-state index contributed by atoms with van der Waals surface area (Å²) in [7, 11) is -3.21. The Labute approximate surface area is 169 Å². The van der Waals surface area contributed by atoms with Crippen LogP contribution in [0.3, 0.4) is 0 Å². The van der Waals surface area contributed by atoms with Gasteiger partial charge in [0, 0.05) is 19.6 Å². The summed E-state index contributed by atoms with van der Waals surface area (Å²) in [5.41, 5.74) is -0.254. The maximum absolute atomic E-state index is 12.7. The van der Waals surface area contributed by atoms with Crippen LogP contribution in [0.25, 0.3) is 0 Å². The van der Waals surface area contributed by atoms with Crippen molar-refractivity contribution >= 4 is 40.0 Å². The van der Waals surface area contributed by atoms with Gasteiger partial charge in [0.1, 0.15) is 0 Å². The second kappa shape index (κ2) is 11.6. The van der Waals surface area contributed by atoms with Gasteiger partial charge in [0.05, 0.1) is 18.4 Å². The van der Waals surface area contributed by atoms with Crippen molar-refractivity contribution in [3.05, 3.63) is 35.4 Å². The molecule has 1 rings (SSSR count). The first-order valence-corrected chi connectivity index (χ1v) is 9.64. The molecule has 3 N–H and O–H groups in total. The highest BCUT2D eigenvalue weighted by Gasteiger charge is 2.30. The van der Waals surface area contributed by atoms with Crippen LogP contribution in [0.2, 0.25) is 0 Å². The van der Waals surface area contributed by atoms with E-state index in [1.54, 1.807) is 6.07 Å². The third kappa shape index (κ3) is 10.8. The maximum Gasteiger partial charge on any atom is 0.416 e. The summed E-state index contributed by atoms with van der Waals surface area (Å²) in [6.45, 7) is 3.32. The lowest BCUT2D eigenvalue weighted by Gasteiger charge is -2.12. The van der Waals surface area contributed by atoms with E-state index < -0.39 is 21.8 Å². The third-order valence-corrected chi connectivity index (χ3v) is 3.76. The monoisotopic (exact) mass is 508 g/mol. The van der Waals surface area contributed by atoms with E-state index in [1.807, 2.05) is 6.92 Å². The molecule has 0 amide bonds. The Morgan fingerprint density at radius 2 is 1.88 bits per heavy atom. The Morgan fingerprint density at radius 3 is 2.46 bits per heavy atom. The van der Waals surface area contributed by atoms with Gasteiger partial charge in [-0.25, -0.2) is 18.1 Å². The van der Waals surface area contributed by atoms with Crippen molar-refractivity contribution < 1.29 is 21.6 Å². The highest BCUT2D eigenvalue weighted by molar-refractivity contribution is 14.0. The first-order valence-electron chi connectivity index (χ1n) is 7.75. The number of guanidine groups is 1. The second-order valence-corrected chi connectivity index (χ2v) is 7.17. The van der Waals surface area contributed by atoms with Crippen LogP contribution in [0.5, 0.6) is 0 Å². The highest BCUT2D eigenvalue weighted by atomic mass is 127. The van der Waals surface area contributed by atoms with E-state index in [2.05, 4.69) is 20.3 Å². The molecule has 150 valence electrons. The van der Waals surface area contributed by atoms with Crippen LogP contribution in [0.15, 0.2) is 29.3 Å². The topological polar surface area (TPSA) is 82.6 Å². The molecule has 0 aliphatic rings. The molecule has 0 radical (unpaired) electrons. The lowest BCUT2D eigenvalue weighted by Crippen LogP contribution is -2.38. The molecule has 1 aromatic carbocycles. The molecule has 0 aromatic heterocycles. The van der Waals surface area contributed by atoms with Gasteiger partial charge in [-0.15, -0.1) is 24.0 Å². The van der Waals surface area contributed by atoms with Gasteiger partial charge in [-0.05, 0) is 31.0 Å². The number of benzene rings is 1. The van der Waals surface area contributed by atoms with Gasteiger partial charge in [0.2, 0.25) is 10.0 Å². The standard InChI is InChI=1S/C15H23F3N4O2S.HI/c1-3-19-14(20-8-5-9-22-25(2,23)24)21-11-12-6-4-7-13(10-12)15(16,17)18;/h4,6-7,10,22H,3,5,8-9,11H2,1-2H3,(H2,19,20,21);1H. The Kier molecular flexibility index (Phi) is 11.1. The highest BCUT2D eigenvalue weighted by Crippen LogP contribution is 2.29. The fraction of sp³-hybridized carbons (Fsp3) is 0.533. The van der Waals surface area contributed by atoms with Gasteiger partial charge < -0.3 is 10.6 Å². The first-order chi connectivity index (χ1) is 11.6. The number of hydrogen-bond acceptors (Lipinski definition) is 3. The molecule has 6 nitrogen and oxygen atoms in total. The predicted molar refractivity (Wildman–Crippen MR) is 107 cm³/mol. The zero-order chi connectivity index (χ0) is 18.9. The second-order valence-electron chi connectivity index (χ2n) is 5.34. The molecule has 26 heavy (non-hydrogen) atoms. The molecule has 0 aliphatic carbocycles. The molecule has 0 saturated heterocycles. The van der Waals surface area contributed by atoms with Gasteiger partial charge in [-0.2, -0.15) is 13.2 Å². The predicted octanol–water partition coefficient (Wildman–Crippen LogP) is 2.32. The van der Waals surface area contributed by atoms with Gasteiger partial charge in [-0.3, -0.25) is 0 Å². The van der Waals surface area contributed by atoms with Crippen molar-refractivity contribution in [2.45, 2.75) is 26.1 Å². The quantitative estimate of drug-likeness (QED) is 0.218. The van der Waals surface area contributed by atoms with Gasteiger partial charge in [0.25, 0.3) is 0 Å². The van der Waals surface area contributed by atoms with Crippen molar-refractivity contribution in [1.29, 1.82) is 0 Å². The van der Waals surface area contributed by atoms with E-state index in [9.17, 15) is 21.6 Å². The van der Waals surface area contributed by atoms with E-state index >= 15 is 0 Å². The summed E-state index contributed by atoms with van der Waals surface area (Å²) in [4.78, 5) is 4.24. The molecule has 0 unspecified atom stereocenters. The number of hydrogen-bond donors (Lipinski definition) is 3. The van der Waals surface area contributed by atoms with E-state index in [1.165, 1.54) is 6.07 Å². The zero-order valence-corrected chi connectivity index (χ0v) is 17.7. The van der Waals surface area contributed by atoms with E-state index in [0.717, 1.165) is 18.4 Å². The van der Waals surface area contributed by atoms with Crippen LogP contribution in [-0.4, -0.2) is 40.3 Å². The van der Waals surface area contributed by atoms with Gasteiger partial charge >= 0.3 is 6.18 Å². The number of sulfonamides is 1. The average Bonchev–Trinajstić information content (AvgIpc) is 2.50. The molecule has 0 fully saturated rings. The van der Waals surface area contributed by atoms with Crippen molar-refractivity contribution in [3.8, 4) is 0 Å². The summed E-state index contributed by atoms with van der Waals surface area (Å²) in [6, 6.07) is 5.03. The molecule has 0 aliphatic heterocycles. The Bertz CT molecular complexity index is 682. The minimum atomic E-state index is -4.38. The minimum absolute atomic E-state index is 0. The molecule has 11 heteroatoms. The van der Waals surface area contributed by atoms with E-state index in [0.29, 0.717) is 37.6 Å². The lowest BCUT2D eigenvalue weighted by atomic mass is 10.1. The summed E-state index contributed by atoms with van der Waals surface area (Å²) < 4.78 is 62.4. The minimum Gasteiger partial charge on any atom is -0.357 e. The third-order valence-electron chi connectivity index (χ3n) is 3.03. The smallest absolute Gasteiger partial charge is 0.357 e. The number of nitrogens with one attached hydrogen (secondary N) is 3. The van der Waals surface area contributed by atoms with E-state index in [-0.39, 0.29) is 30.5 Å². The van der Waals surface area contributed by atoms with Crippen LogP contribution in [0.1, 0.15) is 24.5 Å². The molecule has 1 aromatic rings. The van der Waals surface area contributed by atoms with Crippen molar-refractivity contribution in [1.82, 2.24) is 15.4 Å².